The van der Waals surface area contributed by atoms with Gasteiger partial charge in [-0.1, -0.05) is 94.0 Å². The van der Waals surface area contributed by atoms with Gasteiger partial charge in [-0.3, -0.25) is 9.59 Å². The van der Waals surface area contributed by atoms with E-state index in [2.05, 4.69) is 6.92 Å². The third-order valence-electron chi connectivity index (χ3n) is 5.93. The van der Waals surface area contributed by atoms with E-state index in [1.54, 1.807) is 0 Å². The molecule has 2 unspecified atom stereocenters. The van der Waals surface area contributed by atoms with Gasteiger partial charge in [0, 0.05) is 25.0 Å². The fraction of sp³-hybridized carbons (Fsp3) is 0.667. The Morgan fingerprint density at radius 3 is 2.41 bits per heavy atom. The smallest absolute Gasteiger partial charge is 0.193 e. The summed E-state index contributed by atoms with van der Waals surface area (Å²) in [6, 6.07) is 9.85. The van der Waals surface area contributed by atoms with Gasteiger partial charge in [-0.2, -0.15) is 0 Å². The number of thioether (sulfide) groups is 1. The summed E-state index contributed by atoms with van der Waals surface area (Å²) in [6.07, 6.45) is 13.2. The molecular formula is C24H36O2S. The monoisotopic (exact) mass is 388 g/mol. The molecule has 2 atom stereocenters. The zero-order valence-corrected chi connectivity index (χ0v) is 17.8. The molecule has 150 valence electrons. The van der Waals surface area contributed by atoms with Crippen molar-refractivity contribution >= 4 is 22.7 Å². The molecule has 0 saturated heterocycles. The molecule has 1 aromatic carbocycles. The topological polar surface area (TPSA) is 34.1 Å². The van der Waals surface area contributed by atoms with Crippen molar-refractivity contribution in [3.05, 3.63) is 35.9 Å². The van der Waals surface area contributed by atoms with E-state index in [-0.39, 0.29) is 5.12 Å². The predicted molar refractivity (Wildman–Crippen MR) is 116 cm³/mol. The molecule has 0 radical (unpaired) electrons. The van der Waals surface area contributed by atoms with Crippen LogP contribution in [0.2, 0.25) is 0 Å². The Hall–Kier alpha value is -1.09. The van der Waals surface area contributed by atoms with Crippen LogP contribution in [0.15, 0.2) is 30.3 Å². The molecule has 1 aliphatic carbocycles. The highest BCUT2D eigenvalue weighted by molar-refractivity contribution is 8.13. The fourth-order valence-corrected chi connectivity index (χ4v) is 5.11. The lowest BCUT2D eigenvalue weighted by Gasteiger charge is -2.30. The molecule has 0 aromatic heterocycles. The summed E-state index contributed by atoms with van der Waals surface area (Å²) in [4.78, 5) is 24.0. The Kier molecular flexibility index (Phi) is 10.8. The zero-order chi connectivity index (χ0) is 19.3. The Balaban J connectivity index is 1.48. The molecule has 2 rings (SSSR count). The Morgan fingerprint density at radius 1 is 0.963 bits per heavy atom. The maximum Gasteiger partial charge on any atom is 0.193 e. The van der Waals surface area contributed by atoms with Crippen molar-refractivity contribution in [3.8, 4) is 0 Å². The summed E-state index contributed by atoms with van der Waals surface area (Å²) >= 11 is 1.37. The Bertz CT molecular complexity index is 555. The van der Waals surface area contributed by atoms with Crippen molar-refractivity contribution in [1.82, 2.24) is 0 Å². The fourth-order valence-electron chi connectivity index (χ4n) is 4.32. The summed E-state index contributed by atoms with van der Waals surface area (Å²) in [5.74, 6) is 2.98. The second kappa shape index (κ2) is 13.1. The van der Waals surface area contributed by atoms with Crippen LogP contribution in [0, 0.1) is 11.8 Å². The maximum atomic E-state index is 12.1. The second-order valence-electron chi connectivity index (χ2n) is 7.98. The average molecular weight is 389 g/mol. The van der Waals surface area contributed by atoms with E-state index in [1.807, 2.05) is 30.3 Å². The Morgan fingerprint density at radius 2 is 1.67 bits per heavy atom. The van der Waals surface area contributed by atoms with Crippen LogP contribution in [0.4, 0.5) is 0 Å². The lowest BCUT2D eigenvalue weighted by atomic mass is 9.75. The van der Waals surface area contributed by atoms with E-state index >= 15 is 0 Å². The summed E-state index contributed by atoms with van der Waals surface area (Å²) in [6.45, 7) is 2.33. The number of unbranched alkanes of at least 4 members (excludes halogenated alkanes) is 1. The van der Waals surface area contributed by atoms with Gasteiger partial charge < -0.3 is 0 Å². The highest BCUT2D eigenvalue weighted by Gasteiger charge is 2.22. The molecule has 1 aromatic rings. The third-order valence-corrected chi connectivity index (χ3v) is 6.88. The third kappa shape index (κ3) is 9.10. The van der Waals surface area contributed by atoms with E-state index in [4.69, 9.17) is 0 Å². The number of carbonyl (C=O) groups is 2. The lowest BCUT2D eigenvalue weighted by Crippen LogP contribution is -2.18. The van der Waals surface area contributed by atoms with Crippen molar-refractivity contribution in [2.45, 2.75) is 84.0 Å². The molecule has 0 amide bonds. The van der Waals surface area contributed by atoms with Crippen molar-refractivity contribution in [1.29, 1.82) is 0 Å². The minimum absolute atomic E-state index is 0.201. The molecule has 1 saturated carbocycles. The summed E-state index contributed by atoms with van der Waals surface area (Å²) in [7, 11) is 0. The van der Waals surface area contributed by atoms with Gasteiger partial charge in [0.25, 0.3) is 0 Å². The summed E-state index contributed by atoms with van der Waals surface area (Å²) in [5.41, 5.74) is 1.06. The molecule has 1 fully saturated rings. The van der Waals surface area contributed by atoms with Crippen LogP contribution in [0.5, 0.6) is 0 Å². The first-order valence-electron chi connectivity index (χ1n) is 10.9. The van der Waals surface area contributed by atoms with E-state index < -0.39 is 0 Å². The minimum Gasteiger partial charge on any atom is -0.300 e. The van der Waals surface area contributed by atoms with Crippen molar-refractivity contribution < 1.29 is 9.59 Å². The first-order valence-corrected chi connectivity index (χ1v) is 11.9. The largest absolute Gasteiger partial charge is 0.300 e. The minimum atomic E-state index is 0.201. The van der Waals surface area contributed by atoms with Crippen LogP contribution in [-0.4, -0.2) is 16.7 Å². The van der Waals surface area contributed by atoms with Crippen LogP contribution in [-0.2, 0) is 16.0 Å². The van der Waals surface area contributed by atoms with Crippen molar-refractivity contribution in [2.75, 3.05) is 5.75 Å². The van der Waals surface area contributed by atoms with E-state index in [1.165, 1.54) is 56.7 Å². The number of hydrogen-bond donors (Lipinski definition) is 0. The molecular weight excluding hydrogens is 352 g/mol. The van der Waals surface area contributed by atoms with Gasteiger partial charge in [-0.05, 0) is 30.2 Å². The van der Waals surface area contributed by atoms with Gasteiger partial charge in [0.05, 0.1) is 0 Å². The van der Waals surface area contributed by atoms with Gasteiger partial charge >= 0.3 is 0 Å². The Labute approximate surface area is 169 Å². The van der Waals surface area contributed by atoms with E-state index in [0.717, 1.165) is 42.4 Å². The van der Waals surface area contributed by atoms with Gasteiger partial charge in [0.1, 0.15) is 5.78 Å². The summed E-state index contributed by atoms with van der Waals surface area (Å²) in [5, 5.41) is 0.201. The summed E-state index contributed by atoms with van der Waals surface area (Å²) < 4.78 is 0. The molecule has 1 aliphatic rings. The molecule has 27 heavy (non-hydrogen) atoms. The molecule has 0 heterocycles. The molecule has 0 bridgehead atoms. The predicted octanol–water partition coefficient (Wildman–Crippen LogP) is 6.62. The standard InChI is InChI=1S/C24H36O2S/c1-2-21-13-6-7-14-22(21)15-8-9-16-23(25)17-10-18-27-24(26)19-20-11-4-3-5-12-20/h3-5,11-12,21-22H,2,6-10,13-19H2,1H3. The van der Waals surface area contributed by atoms with Crippen molar-refractivity contribution in [2.24, 2.45) is 11.8 Å². The molecule has 2 nitrogen and oxygen atoms in total. The molecule has 0 aliphatic heterocycles. The highest BCUT2D eigenvalue weighted by Crippen LogP contribution is 2.35. The first-order chi connectivity index (χ1) is 13.2. The van der Waals surface area contributed by atoms with Crippen LogP contribution in [0.3, 0.4) is 0 Å². The molecule has 0 spiro atoms. The zero-order valence-electron chi connectivity index (χ0n) is 17.0. The highest BCUT2D eigenvalue weighted by atomic mass is 32.2. The number of rotatable bonds is 12. The number of hydrogen-bond acceptors (Lipinski definition) is 3. The average Bonchev–Trinajstić information content (AvgIpc) is 2.69. The van der Waals surface area contributed by atoms with Gasteiger partial charge in [0.2, 0.25) is 0 Å². The quantitative estimate of drug-likeness (QED) is 0.378. The van der Waals surface area contributed by atoms with Gasteiger partial charge in [-0.25, -0.2) is 0 Å². The van der Waals surface area contributed by atoms with Crippen LogP contribution < -0.4 is 0 Å². The molecule has 3 heteroatoms. The maximum absolute atomic E-state index is 12.1. The SMILES string of the molecule is CCC1CCCCC1CCCCC(=O)CCCSC(=O)Cc1ccccc1. The van der Waals surface area contributed by atoms with Gasteiger partial charge in [-0.15, -0.1) is 0 Å². The van der Waals surface area contributed by atoms with E-state index in [0.29, 0.717) is 18.6 Å². The first kappa shape index (κ1) is 22.2. The van der Waals surface area contributed by atoms with Crippen LogP contribution in [0.1, 0.15) is 83.1 Å². The molecule has 0 N–H and O–H groups in total. The number of benzene rings is 1. The second-order valence-corrected chi connectivity index (χ2v) is 9.14. The number of ketones is 1. The van der Waals surface area contributed by atoms with Crippen molar-refractivity contribution in [3.63, 3.8) is 0 Å². The van der Waals surface area contributed by atoms with Crippen LogP contribution in [0.25, 0.3) is 0 Å². The lowest BCUT2D eigenvalue weighted by molar-refractivity contribution is -0.119. The van der Waals surface area contributed by atoms with E-state index in [9.17, 15) is 9.59 Å². The normalized spacial score (nSPS) is 19.7. The van der Waals surface area contributed by atoms with Crippen LogP contribution >= 0.6 is 11.8 Å². The number of carbonyl (C=O) groups excluding carboxylic acids is 2. The van der Waals surface area contributed by atoms with Gasteiger partial charge in [0.15, 0.2) is 5.12 Å². The number of Topliss-reactive ketones (excluding diaryl/α,β-unsaturated/α-hetero) is 1.